The number of halogens is 1. The molecular weight excluding hydrogens is 378 g/mol. The minimum atomic E-state index is -3.39. The van der Waals surface area contributed by atoms with Gasteiger partial charge in [-0.25, -0.2) is 18.1 Å². The number of thiazole rings is 1. The second-order valence-corrected chi connectivity index (χ2v) is 8.51. The second kappa shape index (κ2) is 8.05. The third kappa shape index (κ3) is 5.34. The molecule has 0 atom stereocenters. The van der Waals surface area contributed by atoms with Crippen LogP contribution in [0, 0.1) is 0 Å². The zero-order valence-corrected chi connectivity index (χ0v) is 15.6. The van der Waals surface area contributed by atoms with E-state index in [1.807, 2.05) is 17.5 Å². The van der Waals surface area contributed by atoms with Crippen molar-refractivity contribution in [3.05, 3.63) is 70.5 Å². The molecule has 0 saturated heterocycles. The number of hydrogen-bond donors (Lipinski definition) is 1. The van der Waals surface area contributed by atoms with E-state index in [0.29, 0.717) is 23.6 Å². The SMILES string of the molecule is O=S(=O)(Cc1ccc(Cl)cc1)NCCc1csc(-c2ccncc2)n1. The summed E-state index contributed by atoms with van der Waals surface area (Å²) >= 11 is 7.34. The first-order valence-corrected chi connectivity index (χ1v) is 10.5. The monoisotopic (exact) mass is 393 g/mol. The summed E-state index contributed by atoms with van der Waals surface area (Å²) in [4.78, 5) is 8.52. The molecule has 130 valence electrons. The quantitative estimate of drug-likeness (QED) is 0.666. The van der Waals surface area contributed by atoms with Crippen LogP contribution in [0.1, 0.15) is 11.3 Å². The highest BCUT2D eigenvalue weighted by Gasteiger charge is 2.12. The van der Waals surface area contributed by atoms with Crippen LogP contribution < -0.4 is 4.72 Å². The minimum Gasteiger partial charge on any atom is -0.265 e. The Morgan fingerprint density at radius 1 is 1.08 bits per heavy atom. The molecule has 0 aliphatic rings. The van der Waals surface area contributed by atoms with E-state index in [2.05, 4.69) is 14.7 Å². The zero-order valence-electron chi connectivity index (χ0n) is 13.2. The number of sulfonamides is 1. The van der Waals surface area contributed by atoms with Gasteiger partial charge in [0.15, 0.2) is 0 Å². The Morgan fingerprint density at radius 3 is 2.52 bits per heavy atom. The van der Waals surface area contributed by atoms with E-state index in [1.165, 1.54) is 11.3 Å². The van der Waals surface area contributed by atoms with Crippen molar-refractivity contribution in [3.63, 3.8) is 0 Å². The first-order valence-electron chi connectivity index (χ1n) is 7.58. The van der Waals surface area contributed by atoms with E-state index in [0.717, 1.165) is 16.3 Å². The molecule has 0 amide bonds. The number of benzene rings is 1. The average molecular weight is 394 g/mol. The average Bonchev–Trinajstić information content (AvgIpc) is 3.06. The van der Waals surface area contributed by atoms with Gasteiger partial charge in [-0.3, -0.25) is 4.98 Å². The van der Waals surface area contributed by atoms with Gasteiger partial charge in [0.05, 0.1) is 11.4 Å². The molecule has 0 saturated carbocycles. The van der Waals surface area contributed by atoms with Gasteiger partial charge in [0.25, 0.3) is 0 Å². The summed E-state index contributed by atoms with van der Waals surface area (Å²) in [6, 6.07) is 10.6. The Hall–Kier alpha value is -1.80. The third-order valence-corrected chi connectivity index (χ3v) is 6.00. The Kier molecular flexibility index (Phi) is 5.80. The number of hydrogen-bond acceptors (Lipinski definition) is 5. The van der Waals surface area contributed by atoms with Gasteiger partial charge in [0.2, 0.25) is 10.0 Å². The Labute approximate surface area is 155 Å². The van der Waals surface area contributed by atoms with Gasteiger partial charge in [-0.2, -0.15) is 0 Å². The molecule has 5 nitrogen and oxygen atoms in total. The largest absolute Gasteiger partial charge is 0.265 e. The number of nitrogens with zero attached hydrogens (tertiary/aromatic N) is 2. The molecule has 0 spiro atoms. The van der Waals surface area contributed by atoms with Gasteiger partial charge < -0.3 is 0 Å². The van der Waals surface area contributed by atoms with E-state index < -0.39 is 10.0 Å². The summed E-state index contributed by atoms with van der Waals surface area (Å²) in [5.41, 5.74) is 2.58. The molecule has 0 bridgehead atoms. The standard InChI is InChI=1S/C17H16ClN3O2S2/c18-15-3-1-13(2-4-15)12-25(22,23)20-10-7-16-11-24-17(21-16)14-5-8-19-9-6-14/h1-6,8-9,11,20H,7,10,12H2. The maximum absolute atomic E-state index is 12.1. The predicted octanol–water partition coefficient (Wildman–Crippen LogP) is 3.52. The molecule has 3 aromatic rings. The molecular formula is C17H16ClN3O2S2. The van der Waals surface area contributed by atoms with E-state index >= 15 is 0 Å². The lowest BCUT2D eigenvalue weighted by atomic mass is 10.2. The lowest BCUT2D eigenvalue weighted by Gasteiger charge is -2.06. The molecule has 0 unspecified atom stereocenters. The third-order valence-electron chi connectivity index (χ3n) is 3.45. The first kappa shape index (κ1) is 18.0. The summed E-state index contributed by atoms with van der Waals surface area (Å²) in [6.07, 6.45) is 3.99. The van der Waals surface area contributed by atoms with Gasteiger partial charge in [-0.1, -0.05) is 23.7 Å². The molecule has 2 heterocycles. The summed E-state index contributed by atoms with van der Waals surface area (Å²) in [5.74, 6) is -0.0660. The highest BCUT2D eigenvalue weighted by Crippen LogP contribution is 2.22. The maximum atomic E-state index is 12.1. The van der Waals surface area contributed by atoms with Crippen LogP contribution in [0.3, 0.4) is 0 Å². The maximum Gasteiger partial charge on any atom is 0.215 e. The van der Waals surface area contributed by atoms with Crippen LogP contribution in [0.5, 0.6) is 0 Å². The van der Waals surface area contributed by atoms with E-state index in [-0.39, 0.29) is 5.75 Å². The van der Waals surface area contributed by atoms with E-state index in [9.17, 15) is 8.42 Å². The van der Waals surface area contributed by atoms with Crippen LogP contribution in [-0.2, 0) is 22.2 Å². The second-order valence-electron chi connectivity index (χ2n) is 5.41. The molecule has 1 aromatic carbocycles. The van der Waals surface area contributed by atoms with Crippen LogP contribution in [0.4, 0.5) is 0 Å². The fourth-order valence-electron chi connectivity index (χ4n) is 2.23. The fourth-order valence-corrected chi connectivity index (χ4v) is 4.37. The van der Waals surface area contributed by atoms with Crippen LogP contribution in [0.15, 0.2) is 54.2 Å². The molecule has 8 heteroatoms. The smallest absolute Gasteiger partial charge is 0.215 e. The van der Waals surface area contributed by atoms with E-state index in [1.54, 1.807) is 36.7 Å². The van der Waals surface area contributed by atoms with Crippen LogP contribution in [-0.4, -0.2) is 24.9 Å². The number of rotatable bonds is 7. The summed E-state index contributed by atoms with van der Waals surface area (Å²) in [5, 5.41) is 3.44. The van der Waals surface area contributed by atoms with Crippen molar-refractivity contribution in [2.75, 3.05) is 6.54 Å². The van der Waals surface area contributed by atoms with E-state index in [4.69, 9.17) is 11.6 Å². The Morgan fingerprint density at radius 2 is 1.80 bits per heavy atom. The molecule has 0 radical (unpaired) electrons. The van der Waals surface area contributed by atoms with Gasteiger partial charge in [0.1, 0.15) is 5.01 Å². The lowest BCUT2D eigenvalue weighted by Crippen LogP contribution is -2.27. The zero-order chi connectivity index (χ0) is 17.7. The van der Waals surface area contributed by atoms with Gasteiger partial charge in [-0.05, 0) is 29.8 Å². The van der Waals surface area contributed by atoms with Crippen molar-refractivity contribution in [1.82, 2.24) is 14.7 Å². The minimum absolute atomic E-state index is 0.0660. The lowest BCUT2D eigenvalue weighted by molar-refractivity contribution is 0.580. The highest BCUT2D eigenvalue weighted by molar-refractivity contribution is 7.88. The van der Waals surface area contributed by atoms with Crippen molar-refractivity contribution in [2.24, 2.45) is 0 Å². The Bertz CT molecular complexity index is 926. The Balaban J connectivity index is 1.54. The van der Waals surface area contributed by atoms with Crippen molar-refractivity contribution in [3.8, 4) is 10.6 Å². The molecule has 25 heavy (non-hydrogen) atoms. The van der Waals surface area contributed by atoms with Gasteiger partial charge >= 0.3 is 0 Å². The van der Waals surface area contributed by atoms with Crippen molar-refractivity contribution in [2.45, 2.75) is 12.2 Å². The molecule has 2 aromatic heterocycles. The van der Waals surface area contributed by atoms with Crippen molar-refractivity contribution in [1.29, 1.82) is 0 Å². The summed E-state index contributed by atoms with van der Waals surface area (Å²) in [6.45, 7) is 0.315. The van der Waals surface area contributed by atoms with Gasteiger partial charge in [-0.15, -0.1) is 11.3 Å². The first-order chi connectivity index (χ1) is 12.0. The number of pyridine rings is 1. The van der Waals surface area contributed by atoms with Crippen LogP contribution in [0.25, 0.3) is 10.6 Å². The highest BCUT2D eigenvalue weighted by atomic mass is 35.5. The van der Waals surface area contributed by atoms with Crippen LogP contribution in [0.2, 0.25) is 5.02 Å². The number of nitrogens with one attached hydrogen (secondary N) is 1. The molecule has 0 aliphatic heterocycles. The summed E-state index contributed by atoms with van der Waals surface area (Å²) in [7, 11) is -3.39. The normalized spacial score (nSPS) is 11.6. The van der Waals surface area contributed by atoms with Crippen molar-refractivity contribution >= 4 is 33.0 Å². The molecule has 0 aliphatic carbocycles. The molecule has 0 fully saturated rings. The topological polar surface area (TPSA) is 72.0 Å². The fraction of sp³-hybridized carbons (Fsp3) is 0.176. The molecule has 1 N–H and O–H groups in total. The predicted molar refractivity (Wildman–Crippen MR) is 101 cm³/mol. The summed E-state index contributed by atoms with van der Waals surface area (Å²) < 4.78 is 26.9. The van der Waals surface area contributed by atoms with Crippen molar-refractivity contribution < 1.29 is 8.42 Å². The molecule has 3 rings (SSSR count). The number of aromatic nitrogens is 2. The van der Waals surface area contributed by atoms with Gasteiger partial charge in [0, 0.05) is 41.3 Å². The van der Waals surface area contributed by atoms with Crippen LogP contribution >= 0.6 is 22.9 Å².